The first-order chi connectivity index (χ1) is 19.3. The number of para-hydroxylation sites is 1. The molecular formula is C29H28N7O4+. The molecule has 1 amide bonds. The number of nitrogens with two attached hydrogens (primary N) is 2. The van der Waals surface area contributed by atoms with Crippen molar-refractivity contribution in [1.82, 2.24) is 24.8 Å². The Labute approximate surface area is 230 Å². The number of nitrogens with zero attached hydrogens (tertiary/aromatic N) is 4. The number of carbonyl (C=O) groups excluding carboxylic acids is 1. The second-order valence-electron chi connectivity index (χ2n) is 9.04. The third kappa shape index (κ3) is 5.83. The van der Waals surface area contributed by atoms with Gasteiger partial charge in [-0.2, -0.15) is 9.97 Å². The highest BCUT2D eigenvalue weighted by Gasteiger charge is 2.18. The van der Waals surface area contributed by atoms with Crippen LogP contribution in [0.1, 0.15) is 28.7 Å². The van der Waals surface area contributed by atoms with E-state index in [0.717, 1.165) is 0 Å². The number of imidazole rings is 1. The maximum atomic E-state index is 12.4. The summed E-state index contributed by atoms with van der Waals surface area (Å²) >= 11 is 0. The maximum absolute atomic E-state index is 12.4. The molecule has 0 bridgehead atoms. The van der Waals surface area contributed by atoms with Crippen LogP contribution in [0.2, 0.25) is 0 Å². The van der Waals surface area contributed by atoms with Gasteiger partial charge >= 0.3 is 6.01 Å². The predicted molar refractivity (Wildman–Crippen MR) is 149 cm³/mol. The number of amidine groups is 1. The number of amides is 1. The molecule has 5 N–H and O–H groups in total. The number of ether oxygens (including phenoxy) is 3. The molecule has 0 unspecified atom stereocenters. The van der Waals surface area contributed by atoms with Gasteiger partial charge in [0.15, 0.2) is 5.65 Å². The second kappa shape index (κ2) is 11.1. The molecule has 11 heteroatoms. The van der Waals surface area contributed by atoms with Gasteiger partial charge in [-0.15, -0.1) is 0 Å². The first-order valence-electron chi connectivity index (χ1n) is 12.5. The minimum absolute atomic E-state index is 0.00656. The molecule has 2 aromatic heterocycles. The number of aryl methyl sites for hydroxylation is 1. The number of aromatic amines is 1. The number of fused-ring (bicyclic) bond motifs is 1. The van der Waals surface area contributed by atoms with E-state index in [0.29, 0.717) is 57.5 Å². The third-order valence-corrected chi connectivity index (χ3v) is 5.78. The quantitative estimate of drug-likeness (QED) is 0.190. The molecule has 0 atom stereocenters. The number of hydrogen-bond acceptors (Lipinski definition) is 7. The summed E-state index contributed by atoms with van der Waals surface area (Å²) in [7, 11) is 3.36. The number of benzene rings is 3. The Morgan fingerprint density at radius 3 is 2.25 bits per heavy atom. The van der Waals surface area contributed by atoms with Crippen LogP contribution in [-0.2, 0) is 6.42 Å². The molecular weight excluding hydrogens is 510 g/mol. The Morgan fingerprint density at radius 1 is 0.850 bits per heavy atom. The summed E-state index contributed by atoms with van der Waals surface area (Å²) in [6.07, 6.45) is 0.643. The predicted octanol–water partition coefficient (Wildman–Crippen LogP) is 3.46. The first kappa shape index (κ1) is 26.2. The smallest absolute Gasteiger partial charge is 0.327 e. The fourth-order valence-electron chi connectivity index (χ4n) is 3.84. The van der Waals surface area contributed by atoms with E-state index in [9.17, 15) is 4.79 Å². The molecule has 5 aromatic rings. The Hall–Kier alpha value is -5.45. The molecule has 0 saturated heterocycles. The molecule has 40 heavy (non-hydrogen) atoms. The van der Waals surface area contributed by atoms with Crippen molar-refractivity contribution < 1.29 is 24.4 Å². The molecule has 11 nitrogen and oxygen atoms in total. The van der Waals surface area contributed by atoms with E-state index < -0.39 is 0 Å². The Bertz CT molecular complexity index is 1700. The van der Waals surface area contributed by atoms with Gasteiger partial charge in [-0.1, -0.05) is 31.2 Å². The Morgan fingerprint density at radius 2 is 1.55 bits per heavy atom. The molecule has 0 spiro atoms. The lowest BCUT2D eigenvalue weighted by Gasteiger charge is -2.12. The van der Waals surface area contributed by atoms with Gasteiger partial charge in [0, 0.05) is 32.1 Å². The lowest BCUT2D eigenvalue weighted by atomic mass is 10.2. The Kier molecular flexibility index (Phi) is 7.27. The average Bonchev–Trinajstić information content (AvgIpc) is 3.37. The van der Waals surface area contributed by atoms with Crippen LogP contribution in [-0.4, -0.2) is 50.7 Å². The summed E-state index contributed by atoms with van der Waals surface area (Å²) in [6.45, 7) is 1.97. The lowest BCUT2D eigenvalue weighted by Crippen LogP contribution is -2.46. The van der Waals surface area contributed by atoms with Gasteiger partial charge in [-0.3, -0.25) is 15.9 Å². The number of H-pyrrole nitrogens is 1. The Balaban J connectivity index is 1.52. The number of hydrogen-bond donors (Lipinski definition) is 3. The second-order valence-corrected chi connectivity index (χ2v) is 9.04. The van der Waals surface area contributed by atoms with Crippen molar-refractivity contribution >= 4 is 22.9 Å². The van der Waals surface area contributed by atoms with Crippen molar-refractivity contribution in [3.8, 4) is 34.9 Å². The molecule has 0 aliphatic heterocycles. The van der Waals surface area contributed by atoms with Crippen LogP contribution in [0.3, 0.4) is 0 Å². The molecule has 3 aromatic carbocycles. The van der Waals surface area contributed by atoms with Crippen molar-refractivity contribution in [3.63, 3.8) is 0 Å². The van der Waals surface area contributed by atoms with E-state index in [1.165, 1.54) is 4.90 Å². The molecule has 0 radical (unpaired) electrons. The van der Waals surface area contributed by atoms with Crippen molar-refractivity contribution in [2.24, 2.45) is 5.73 Å². The number of rotatable bonds is 9. The fourth-order valence-corrected chi connectivity index (χ4v) is 3.84. The van der Waals surface area contributed by atoms with Crippen molar-refractivity contribution in [1.29, 1.82) is 0 Å². The van der Waals surface area contributed by atoms with Gasteiger partial charge in [0.25, 0.3) is 17.6 Å². The molecule has 2 heterocycles. The summed E-state index contributed by atoms with van der Waals surface area (Å²) in [4.78, 5) is 30.6. The summed E-state index contributed by atoms with van der Waals surface area (Å²) in [5.41, 5.74) is 7.74. The monoisotopic (exact) mass is 538 g/mol. The van der Waals surface area contributed by atoms with Crippen LogP contribution >= 0.6 is 0 Å². The highest BCUT2D eigenvalue weighted by atomic mass is 16.5. The van der Waals surface area contributed by atoms with Crippen molar-refractivity contribution in [2.45, 2.75) is 13.3 Å². The summed E-state index contributed by atoms with van der Waals surface area (Å²) in [5.74, 6) is 2.67. The standard InChI is InChI=1S/C29H27N7O4/c1-4-23-32-24-26(33-23)34-29(40-20-12-8-9-17(13-20)28(37)36(2)3)35-27(24)39-22-15-18(25(30)31)14-21(16-22)38-19-10-6-5-7-11-19/h5-16H,4H2,1-3H3,(H3,30,31)(H,32,33,34,35)/p+1. The van der Waals surface area contributed by atoms with Gasteiger partial charge in [0.05, 0.1) is 5.56 Å². The van der Waals surface area contributed by atoms with Crippen LogP contribution in [0.4, 0.5) is 0 Å². The van der Waals surface area contributed by atoms with E-state index in [2.05, 4.69) is 19.9 Å². The van der Waals surface area contributed by atoms with Crippen LogP contribution in [0.5, 0.6) is 34.9 Å². The van der Waals surface area contributed by atoms with Crippen LogP contribution in [0.25, 0.3) is 11.2 Å². The molecule has 0 aliphatic rings. The summed E-state index contributed by atoms with van der Waals surface area (Å²) < 4.78 is 18.2. The fraction of sp³-hybridized carbons (Fsp3) is 0.138. The topological polar surface area (TPSA) is 154 Å². The van der Waals surface area contributed by atoms with Crippen LogP contribution in [0.15, 0.2) is 72.8 Å². The zero-order valence-electron chi connectivity index (χ0n) is 22.2. The molecule has 5 rings (SSSR count). The average molecular weight is 539 g/mol. The van der Waals surface area contributed by atoms with Gasteiger partial charge in [0.2, 0.25) is 0 Å². The molecule has 0 aliphatic carbocycles. The number of carbonyl (C=O) groups is 1. The van der Waals surface area contributed by atoms with E-state index in [-0.39, 0.29) is 23.6 Å². The van der Waals surface area contributed by atoms with Crippen molar-refractivity contribution in [2.75, 3.05) is 14.1 Å². The van der Waals surface area contributed by atoms with E-state index in [1.807, 2.05) is 37.3 Å². The summed E-state index contributed by atoms with van der Waals surface area (Å²) in [6, 6.07) is 21.1. The lowest BCUT2D eigenvalue weighted by molar-refractivity contribution is -0.114. The van der Waals surface area contributed by atoms with Gasteiger partial charge in [-0.25, -0.2) is 4.98 Å². The van der Waals surface area contributed by atoms with Crippen molar-refractivity contribution in [3.05, 3.63) is 89.7 Å². The summed E-state index contributed by atoms with van der Waals surface area (Å²) in [5, 5.41) is 5.91. The normalized spacial score (nSPS) is 10.8. The highest BCUT2D eigenvalue weighted by molar-refractivity contribution is 5.94. The van der Waals surface area contributed by atoms with Gasteiger partial charge in [-0.05, 0) is 42.5 Å². The highest BCUT2D eigenvalue weighted by Crippen LogP contribution is 2.33. The minimum Gasteiger partial charge on any atom is -0.457 e. The molecule has 0 saturated carbocycles. The SMILES string of the molecule is CCc1nc2nc(Oc3cccc(C(=O)N(C)C)c3)nc(Oc3cc(Oc4ccccc4)cc(C(N)=[NH2+])c3)c2[nH]1. The number of aromatic nitrogens is 4. The minimum atomic E-state index is -0.157. The molecule has 0 fully saturated rings. The zero-order chi connectivity index (χ0) is 28.2. The van der Waals surface area contributed by atoms with E-state index in [1.54, 1.807) is 56.6 Å². The first-order valence-corrected chi connectivity index (χ1v) is 12.5. The van der Waals surface area contributed by atoms with Gasteiger partial charge in [0.1, 0.15) is 34.3 Å². The van der Waals surface area contributed by atoms with E-state index >= 15 is 0 Å². The van der Waals surface area contributed by atoms with E-state index in [4.69, 9.17) is 25.4 Å². The van der Waals surface area contributed by atoms with Crippen LogP contribution in [0, 0.1) is 0 Å². The molecule has 202 valence electrons. The number of nitrogens with one attached hydrogen (secondary N) is 1. The third-order valence-electron chi connectivity index (χ3n) is 5.78. The van der Waals surface area contributed by atoms with Gasteiger partial charge < -0.3 is 24.1 Å². The largest absolute Gasteiger partial charge is 0.457 e. The maximum Gasteiger partial charge on any atom is 0.327 e. The zero-order valence-corrected chi connectivity index (χ0v) is 22.2. The van der Waals surface area contributed by atoms with Crippen LogP contribution < -0.4 is 25.4 Å².